The third-order valence-corrected chi connectivity index (χ3v) is 1.89. The second-order valence-electron chi connectivity index (χ2n) is 3.11. The highest BCUT2D eigenvalue weighted by atomic mass is 19.4. The molecule has 0 saturated carbocycles. The monoisotopic (exact) mass is 273 g/mol. The topological polar surface area (TPSA) is 39.2 Å². The van der Waals surface area contributed by atoms with E-state index in [2.05, 4.69) is 9.72 Å². The van der Waals surface area contributed by atoms with Gasteiger partial charge in [0.1, 0.15) is 0 Å². The SMILES string of the molecule is COC(=O)c1cc(C(F)(F)F)cnc1C(F)(F)F. The van der Waals surface area contributed by atoms with Gasteiger partial charge >= 0.3 is 18.3 Å². The quantitative estimate of drug-likeness (QED) is 0.583. The Morgan fingerprint density at radius 3 is 2.11 bits per heavy atom. The Hall–Kier alpha value is -1.80. The lowest BCUT2D eigenvalue weighted by molar-refractivity contribution is -0.144. The van der Waals surface area contributed by atoms with Crippen LogP contribution >= 0.6 is 0 Å². The Kier molecular flexibility index (Phi) is 3.54. The van der Waals surface area contributed by atoms with Crippen LogP contribution in [-0.2, 0) is 17.1 Å². The number of carbonyl (C=O) groups is 1. The molecular formula is C9H5F6NO2. The zero-order valence-corrected chi connectivity index (χ0v) is 8.69. The van der Waals surface area contributed by atoms with Crippen LogP contribution in [0.15, 0.2) is 12.3 Å². The van der Waals surface area contributed by atoms with Gasteiger partial charge in [0.25, 0.3) is 0 Å². The molecule has 1 rings (SSSR count). The van der Waals surface area contributed by atoms with Crippen LogP contribution in [0.4, 0.5) is 26.3 Å². The number of pyridine rings is 1. The molecule has 0 aromatic carbocycles. The molecule has 0 unspecified atom stereocenters. The number of esters is 1. The molecule has 1 aromatic heterocycles. The van der Waals surface area contributed by atoms with Crippen molar-refractivity contribution in [3.63, 3.8) is 0 Å². The van der Waals surface area contributed by atoms with Gasteiger partial charge in [0.05, 0.1) is 18.2 Å². The first-order valence-corrected chi connectivity index (χ1v) is 4.30. The molecule has 1 heterocycles. The maximum Gasteiger partial charge on any atom is 0.434 e. The van der Waals surface area contributed by atoms with Crippen LogP contribution in [-0.4, -0.2) is 18.1 Å². The zero-order chi connectivity index (χ0) is 14.1. The molecule has 100 valence electrons. The number of rotatable bonds is 1. The maximum absolute atomic E-state index is 12.4. The normalized spacial score (nSPS) is 12.4. The van der Waals surface area contributed by atoms with Crippen molar-refractivity contribution in [1.82, 2.24) is 4.98 Å². The van der Waals surface area contributed by atoms with Crippen molar-refractivity contribution in [2.24, 2.45) is 0 Å². The molecule has 0 fully saturated rings. The van der Waals surface area contributed by atoms with Gasteiger partial charge in [0, 0.05) is 6.20 Å². The van der Waals surface area contributed by atoms with Crippen LogP contribution in [0.3, 0.4) is 0 Å². The summed E-state index contributed by atoms with van der Waals surface area (Å²) >= 11 is 0. The Bertz CT molecular complexity index is 465. The van der Waals surface area contributed by atoms with E-state index in [-0.39, 0.29) is 12.3 Å². The minimum atomic E-state index is -5.05. The summed E-state index contributed by atoms with van der Waals surface area (Å²) in [6.45, 7) is 0. The van der Waals surface area contributed by atoms with E-state index in [0.717, 1.165) is 7.11 Å². The number of carbonyl (C=O) groups excluding carboxylic acids is 1. The van der Waals surface area contributed by atoms with Crippen LogP contribution in [0.1, 0.15) is 21.6 Å². The molecule has 0 aliphatic heterocycles. The minimum absolute atomic E-state index is 0.00919. The summed E-state index contributed by atoms with van der Waals surface area (Å²) in [6.07, 6.45) is -9.94. The molecule has 9 heteroatoms. The van der Waals surface area contributed by atoms with Gasteiger partial charge in [-0.1, -0.05) is 0 Å². The standard InChI is InChI=1S/C9H5F6NO2/c1-18-7(17)5-2-4(8(10,11)12)3-16-6(5)9(13,14)15/h2-3H,1H3. The number of nitrogens with zero attached hydrogens (tertiary/aromatic N) is 1. The molecule has 0 bridgehead atoms. The smallest absolute Gasteiger partial charge is 0.434 e. The first-order valence-electron chi connectivity index (χ1n) is 4.30. The van der Waals surface area contributed by atoms with Gasteiger partial charge in [-0.2, -0.15) is 26.3 Å². The average molecular weight is 273 g/mol. The summed E-state index contributed by atoms with van der Waals surface area (Å²) in [4.78, 5) is 13.7. The predicted octanol–water partition coefficient (Wildman–Crippen LogP) is 2.91. The van der Waals surface area contributed by atoms with Crippen molar-refractivity contribution < 1.29 is 35.9 Å². The minimum Gasteiger partial charge on any atom is -0.465 e. The number of halogens is 6. The molecule has 0 radical (unpaired) electrons. The number of hydrogen-bond donors (Lipinski definition) is 0. The van der Waals surface area contributed by atoms with Crippen LogP contribution in [0.25, 0.3) is 0 Å². The second kappa shape index (κ2) is 4.46. The summed E-state index contributed by atoms with van der Waals surface area (Å²) in [5, 5.41) is 0. The fourth-order valence-corrected chi connectivity index (χ4v) is 1.11. The highest BCUT2D eigenvalue weighted by molar-refractivity contribution is 5.90. The predicted molar refractivity (Wildman–Crippen MR) is 45.6 cm³/mol. The van der Waals surface area contributed by atoms with Gasteiger partial charge in [0.2, 0.25) is 0 Å². The molecule has 0 aliphatic carbocycles. The van der Waals surface area contributed by atoms with E-state index >= 15 is 0 Å². The fraction of sp³-hybridized carbons (Fsp3) is 0.333. The molecule has 1 aromatic rings. The summed E-state index contributed by atoms with van der Waals surface area (Å²) in [6, 6.07) is 0.0572. The van der Waals surface area contributed by atoms with E-state index in [1.165, 1.54) is 0 Å². The molecule has 3 nitrogen and oxygen atoms in total. The van der Waals surface area contributed by atoms with Gasteiger partial charge in [-0.3, -0.25) is 4.98 Å². The molecule has 0 aliphatic rings. The number of alkyl halides is 6. The van der Waals surface area contributed by atoms with Crippen molar-refractivity contribution in [2.45, 2.75) is 12.4 Å². The van der Waals surface area contributed by atoms with Crippen molar-refractivity contribution in [3.8, 4) is 0 Å². The third-order valence-electron chi connectivity index (χ3n) is 1.89. The van der Waals surface area contributed by atoms with Gasteiger partial charge in [-0.25, -0.2) is 4.79 Å². The number of methoxy groups -OCH3 is 1. The van der Waals surface area contributed by atoms with E-state index in [1.807, 2.05) is 0 Å². The molecule has 0 N–H and O–H groups in total. The molecule has 0 spiro atoms. The summed E-state index contributed by atoms with van der Waals surface area (Å²) in [7, 11) is 0.753. The van der Waals surface area contributed by atoms with Crippen LogP contribution in [0, 0.1) is 0 Å². The summed E-state index contributed by atoms with van der Waals surface area (Å²) < 4.78 is 78.1. The van der Waals surface area contributed by atoms with E-state index in [0.29, 0.717) is 0 Å². The van der Waals surface area contributed by atoms with Crippen LogP contribution < -0.4 is 0 Å². The Balaban J connectivity index is 3.44. The number of aromatic nitrogens is 1. The number of hydrogen-bond acceptors (Lipinski definition) is 3. The zero-order valence-electron chi connectivity index (χ0n) is 8.69. The Morgan fingerprint density at radius 1 is 1.17 bits per heavy atom. The lowest BCUT2D eigenvalue weighted by Crippen LogP contribution is -2.18. The largest absolute Gasteiger partial charge is 0.465 e. The maximum atomic E-state index is 12.4. The second-order valence-corrected chi connectivity index (χ2v) is 3.11. The Labute approximate surface area is 96.4 Å². The fourth-order valence-electron chi connectivity index (χ4n) is 1.11. The summed E-state index contributed by atoms with van der Waals surface area (Å²) in [5.74, 6) is -1.54. The molecular weight excluding hydrogens is 268 g/mol. The number of ether oxygens (including phenoxy) is 1. The highest BCUT2D eigenvalue weighted by Crippen LogP contribution is 2.35. The van der Waals surface area contributed by atoms with Gasteiger partial charge < -0.3 is 4.74 Å². The highest BCUT2D eigenvalue weighted by Gasteiger charge is 2.40. The molecule has 0 atom stereocenters. The Morgan fingerprint density at radius 2 is 1.72 bits per heavy atom. The van der Waals surface area contributed by atoms with E-state index in [1.54, 1.807) is 0 Å². The average Bonchev–Trinajstić information content (AvgIpc) is 2.24. The van der Waals surface area contributed by atoms with Crippen molar-refractivity contribution in [1.29, 1.82) is 0 Å². The van der Waals surface area contributed by atoms with Gasteiger partial charge in [-0.05, 0) is 6.07 Å². The molecule has 0 amide bonds. The lowest BCUT2D eigenvalue weighted by Gasteiger charge is -2.13. The lowest BCUT2D eigenvalue weighted by atomic mass is 10.1. The van der Waals surface area contributed by atoms with E-state index in [4.69, 9.17) is 0 Å². The van der Waals surface area contributed by atoms with Crippen molar-refractivity contribution in [2.75, 3.05) is 7.11 Å². The molecule has 0 saturated heterocycles. The van der Waals surface area contributed by atoms with Crippen LogP contribution in [0.5, 0.6) is 0 Å². The van der Waals surface area contributed by atoms with E-state index < -0.39 is 35.1 Å². The summed E-state index contributed by atoms with van der Waals surface area (Å²) in [5.41, 5.74) is -4.46. The van der Waals surface area contributed by atoms with Gasteiger partial charge in [-0.15, -0.1) is 0 Å². The van der Waals surface area contributed by atoms with Gasteiger partial charge in [0.15, 0.2) is 5.69 Å². The van der Waals surface area contributed by atoms with Crippen molar-refractivity contribution in [3.05, 3.63) is 29.1 Å². The molecule has 18 heavy (non-hydrogen) atoms. The first-order chi connectivity index (χ1) is 8.07. The van der Waals surface area contributed by atoms with Crippen LogP contribution in [0.2, 0.25) is 0 Å². The van der Waals surface area contributed by atoms with E-state index in [9.17, 15) is 31.1 Å². The van der Waals surface area contributed by atoms with Crippen molar-refractivity contribution >= 4 is 5.97 Å². The third kappa shape index (κ3) is 2.90. The first kappa shape index (κ1) is 14.3.